The Morgan fingerprint density at radius 3 is 1.89 bits per heavy atom. The largest absolute Gasteiger partial charge is 0.463 e. The van der Waals surface area contributed by atoms with Gasteiger partial charge in [0.25, 0.3) is 0 Å². The Balaban J connectivity index is 2.23. The van der Waals surface area contributed by atoms with Gasteiger partial charge in [0.2, 0.25) is 0 Å². The van der Waals surface area contributed by atoms with Crippen molar-refractivity contribution in [1.29, 1.82) is 0 Å². The van der Waals surface area contributed by atoms with Gasteiger partial charge in [-0.25, -0.2) is 9.59 Å². The van der Waals surface area contributed by atoms with Crippen LogP contribution in [0.4, 0.5) is 0 Å². The molecule has 3 rings (SSSR count). The maximum atomic E-state index is 13.5. The fourth-order valence-electron chi connectivity index (χ4n) is 3.13. The van der Waals surface area contributed by atoms with Gasteiger partial charge < -0.3 is 9.47 Å². The molecule has 0 aromatic heterocycles. The standard InChI is InChI=1S/C22H18O6/c1-2-27-21(26)17-13-18(23)28-14-22(17,19(24)15-9-5-3-6-10-15)20(25)16-11-7-4-8-12-16/h3-13H,2,14H2,1H3. The zero-order chi connectivity index (χ0) is 20.1. The van der Waals surface area contributed by atoms with Gasteiger partial charge in [-0.15, -0.1) is 0 Å². The summed E-state index contributed by atoms with van der Waals surface area (Å²) in [6.45, 7) is 1.05. The van der Waals surface area contributed by atoms with E-state index in [2.05, 4.69) is 0 Å². The van der Waals surface area contributed by atoms with Crippen LogP contribution in [0.25, 0.3) is 0 Å². The number of carbonyl (C=O) groups is 4. The van der Waals surface area contributed by atoms with E-state index in [0.29, 0.717) is 0 Å². The number of benzene rings is 2. The molecule has 1 aliphatic rings. The third kappa shape index (κ3) is 3.36. The van der Waals surface area contributed by atoms with Crippen molar-refractivity contribution in [2.24, 2.45) is 5.41 Å². The fourth-order valence-corrected chi connectivity index (χ4v) is 3.13. The number of hydrogen-bond acceptors (Lipinski definition) is 6. The molecule has 0 amide bonds. The van der Waals surface area contributed by atoms with E-state index in [4.69, 9.17) is 9.47 Å². The molecule has 6 nitrogen and oxygen atoms in total. The van der Waals surface area contributed by atoms with E-state index in [1.807, 2.05) is 0 Å². The summed E-state index contributed by atoms with van der Waals surface area (Å²) in [4.78, 5) is 51.5. The molecule has 0 N–H and O–H groups in total. The molecule has 0 unspecified atom stereocenters. The van der Waals surface area contributed by atoms with E-state index in [0.717, 1.165) is 6.08 Å². The van der Waals surface area contributed by atoms with Gasteiger partial charge in [-0.05, 0) is 6.92 Å². The van der Waals surface area contributed by atoms with E-state index in [1.54, 1.807) is 67.6 Å². The number of rotatable bonds is 6. The van der Waals surface area contributed by atoms with Crippen molar-refractivity contribution in [3.05, 3.63) is 83.4 Å². The highest BCUT2D eigenvalue weighted by molar-refractivity contribution is 6.27. The number of cyclic esters (lactones) is 1. The molecule has 0 fully saturated rings. The van der Waals surface area contributed by atoms with Crippen LogP contribution in [-0.4, -0.2) is 36.7 Å². The van der Waals surface area contributed by atoms with E-state index in [1.165, 1.54) is 0 Å². The van der Waals surface area contributed by atoms with E-state index < -0.39 is 35.5 Å². The molecule has 0 saturated heterocycles. The molecule has 0 saturated carbocycles. The first kappa shape index (κ1) is 19.2. The Morgan fingerprint density at radius 1 is 0.929 bits per heavy atom. The second-order valence-electron chi connectivity index (χ2n) is 6.18. The average Bonchev–Trinajstić information content (AvgIpc) is 2.74. The predicted octanol–water partition coefficient (Wildman–Crippen LogP) is 2.78. The Labute approximate surface area is 161 Å². The van der Waals surface area contributed by atoms with Gasteiger partial charge in [-0.1, -0.05) is 60.7 Å². The molecule has 142 valence electrons. The van der Waals surface area contributed by atoms with Crippen molar-refractivity contribution >= 4 is 23.5 Å². The van der Waals surface area contributed by atoms with Gasteiger partial charge in [0.1, 0.15) is 6.61 Å². The van der Waals surface area contributed by atoms with Gasteiger partial charge in [-0.2, -0.15) is 0 Å². The number of esters is 2. The maximum absolute atomic E-state index is 13.5. The van der Waals surface area contributed by atoms with Crippen molar-refractivity contribution in [2.75, 3.05) is 13.2 Å². The molecule has 0 bridgehead atoms. The quantitative estimate of drug-likeness (QED) is 0.436. The zero-order valence-corrected chi connectivity index (χ0v) is 15.2. The first-order valence-electron chi connectivity index (χ1n) is 8.76. The van der Waals surface area contributed by atoms with E-state index >= 15 is 0 Å². The summed E-state index contributed by atoms with van der Waals surface area (Å²) in [6.07, 6.45) is 0.878. The summed E-state index contributed by atoms with van der Waals surface area (Å²) in [5.74, 6) is -2.96. The number of ketones is 2. The summed E-state index contributed by atoms with van der Waals surface area (Å²) < 4.78 is 10.1. The fraction of sp³-hybridized carbons (Fsp3) is 0.182. The second kappa shape index (κ2) is 8.00. The lowest BCUT2D eigenvalue weighted by atomic mass is 9.68. The molecular formula is C22H18O6. The van der Waals surface area contributed by atoms with Crippen molar-refractivity contribution in [3.63, 3.8) is 0 Å². The van der Waals surface area contributed by atoms with Crippen molar-refractivity contribution < 1.29 is 28.7 Å². The van der Waals surface area contributed by atoms with Gasteiger partial charge in [-0.3, -0.25) is 9.59 Å². The lowest BCUT2D eigenvalue weighted by Crippen LogP contribution is -2.50. The number of carbonyl (C=O) groups excluding carboxylic acids is 4. The van der Waals surface area contributed by atoms with E-state index in [9.17, 15) is 19.2 Å². The molecule has 0 atom stereocenters. The lowest BCUT2D eigenvalue weighted by molar-refractivity contribution is -0.146. The first-order chi connectivity index (χ1) is 13.5. The molecule has 6 heteroatoms. The summed E-state index contributed by atoms with van der Waals surface area (Å²) in [6, 6.07) is 16.2. The summed E-state index contributed by atoms with van der Waals surface area (Å²) in [5.41, 5.74) is -1.88. The molecule has 2 aromatic rings. The molecule has 0 radical (unpaired) electrons. The predicted molar refractivity (Wildman–Crippen MR) is 99.7 cm³/mol. The number of hydrogen-bond donors (Lipinski definition) is 0. The van der Waals surface area contributed by atoms with Crippen LogP contribution >= 0.6 is 0 Å². The Hall–Kier alpha value is -3.54. The van der Waals surface area contributed by atoms with Crippen LogP contribution in [0.2, 0.25) is 0 Å². The monoisotopic (exact) mass is 378 g/mol. The Bertz CT molecular complexity index is 892. The Morgan fingerprint density at radius 2 is 1.43 bits per heavy atom. The first-order valence-corrected chi connectivity index (χ1v) is 8.76. The second-order valence-corrected chi connectivity index (χ2v) is 6.18. The zero-order valence-electron chi connectivity index (χ0n) is 15.2. The third-order valence-electron chi connectivity index (χ3n) is 4.50. The Kier molecular flexibility index (Phi) is 5.49. The normalized spacial score (nSPS) is 15.2. The van der Waals surface area contributed by atoms with Crippen LogP contribution < -0.4 is 0 Å². The van der Waals surface area contributed by atoms with Gasteiger partial charge in [0.05, 0.1) is 12.2 Å². The van der Waals surface area contributed by atoms with Crippen LogP contribution in [0.1, 0.15) is 27.6 Å². The molecule has 1 aliphatic heterocycles. The van der Waals surface area contributed by atoms with Crippen LogP contribution in [0.5, 0.6) is 0 Å². The summed E-state index contributed by atoms with van der Waals surface area (Å²) >= 11 is 0. The SMILES string of the molecule is CCOC(=O)C1=CC(=O)OCC1(C(=O)c1ccccc1)C(=O)c1ccccc1. The smallest absolute Gasteiger partial charge is 0.335 e. The van der Waals surface area contributed by atoms with Gasteiger partial charge in [0.15, 0.2) is 17.0 Å². The molecule has 0 aliphatic carbocycles. The number of Topliss-reactive ketones (excluding diaryl/α,β-unsaturated/α-hetero) is 2. The average molecular weight is 378 g/mol. The van der Waals surface area contributed by atoms with E-state index in [-0.39, 0.29) is 23.3 Å². The van der Waals surface area contributed by atoms with Crippen molar-refractivity contribution in [3.8, 4) is 0 Å². The van der Waals surface area contributed by atoms with Crippen LogP contribution in [-0.2, 0) is 19.1 Å². The van der Waals surface area contributed by atoms with Gasteiger partial charge in [0, 0.05) is 17.2 Å². The van der Waals surface area contributed by atoms with Crippen LogP contribution in [0.15, 0.2) is 72.3 Å². The molecule has 0 spiro atoms. The minimum Gasteiger partial charge on any atom is -0.463 e. The topological polar surface area (TPSA) is 86.7 Å². The summed E-state index contributed by atoms with van der Waals surface area (Å²) in [5, 5.41) is 0. The molecule has 2 aromatic carbocycles. The lowest BCUT2D eigenvalue weighted by Gasteiger charge is -2.34. The molecule has 1 heterocycles. The highest BCUT2D eigenvalue weighted by Crippen LogP contribution is 2.39. The van der Waals surface area contributed by atoms with Gasteiger partial charge >= 0.3 is 11.9 Å². The highest BCUT2D eigenvalue weighted by atomic mass is 16.5. The van der Waals surface area contributed by atoms with Crippen molar-refractivity contribution in [1.82, 2.24) is 0 Å². The minimum atomic E-state index is -2.01. The van der Waals surface area contributed by atoms with Crippen LogP contribution in [0, 0.1) is 5.41 Å². The summed E-state index contributed by atoms with van der Waals surface area (Å²) in [7, 11) is 0. The van der Waals surface area contributed by atoms with Crippen LogP contribution in [0.3, 0.4) is 0 Å². The minimum absolute atomic E-state index is 0.0281. The third-order valence-corrected chi connectivity index (χ3v) is 4.50. The maximum Gasteiger partial charge on any atom is 0.335 e. The van der Waals surface area contributed by atoms with Crippen molar-refractivity contribution in [2.45, 2.75) is 6.92 Å². The molecule has 28 heavy (non-hydrogen) atoms. The number of ether oxygens (including phenoxy) is 2. The molecular weight excluding hydrogens is 360 g/mol. The highest BCUT2D eigenvalue weighted by Gasteiger charge is 2.55.